The van der Waals surface area contributed by atoms with Gasteiger partial charge in [0.25, 0.3) is 0 Å². The molecule has 2 atom stereocenters. The van der Waals surface area contributed by atoms with E-state index in [1.54, 1.807) is 0 Å². The first-order chi connectivity index (χ1) is 9.36. The molecule has 1 N–H and O–H groups in total. The maximum atomic E-state index is 9.01. The molecule has 0 bridgehead atoms. The van der Waals surface area contributed by atoms with Gasteiger partial charge in [0.1, 0.15) is 0 Å². The molecule has 3 rings (SSSR count). The summed E-state index contributed by atoms with van der Waals surface area (Å²) in [7, 11) is 0. The van der Waals surface area contributed by atoms with Crippen LogP contribution in [-0.2, 0) is 0 Å². The fraction of sp³-hybridized carbons (Fsp3) is 0.562. The van der Waals surface area contributed by atoms with Gasteiger partial charge in [0.2, 0.25) is 0 Å². The first-order valence-electron chi connectivity index (χ1n) is 7.35. The van der Waals surface area contributed by atoms with Gasteiger partial charge in [0.15, 0.2) is 0 Å². The lowest BCUT2D eigenvalue weighted by molar-refractivity contribution is 0.329. The summed E-state index contributed by atoms with van der Waals surface area (Å²) in [6.45, 7) is 3.44. The Morgan fingerprint density at radius 2 is 2.21 bits per heavy atom. The minimum Gasteiger partial charge on any atom is -0.371 e. The summed E-state index contributed by atoms with van der Waals surface area (Å²) >= 11 is 0. The van der Waals surface area contributed by atoms with Gasteiger partial charge < -0.3 is 10.2 Å². The minimum atomic E-state index is 0.710. The van der Waals surface area contributed by atoms with E-state index < -0.39 is 0 Å². The molecule has 2 unspecified atom stereocenters. The molecule has 0 spiro atoms. The normalized spacial score (nSPS) is 27.2. The third kappa shape index (κ3) is 2.74. The van der Waals surface area contributed by atoms with Crippen LogP contribution in [0.15, 0.2) is 24.3 Å². The van der Waals surface area contributed by atoms with Crippen molar-refractivity contribution in [3.8, 4) is 6.07 Å². The van der Waals surface area contributed by atoms with E-state index >= 15 is 0 Å². The van der Waals surface area contributed by atoms with E-state index in [2.05, 4.69) is 22.4 Å². The molecule has 1 aromatic carbocycles. The van der Waals surface area contributed by atoms with Gasteiger partial charge in [-0.05, 0) is 56.3 Å². The number of rotatable bonds is 2. The Morgan fingerprint density at radius 3 is 3.00 bits per heavy atom. The highest BCUT2D eigenvalue weighted by Gasteiger charge is 2.29. The summed E-state index contributed by atoms with van der Waals surface area (Å²) < 4.78 is 0. The second-order valence-electron chi connectivity index (χ2n) is 5.71. The van der Waals surface area contributed by atoms with Crippen LogP contribution in [0.3, 0.4) is 0 Å². The lowest BCUT2D eigenvalue weighted by Gasteiger charge is -2.37. The molecule has 0 saturated carbocycles. The third-order valence-electron chi connectivity index (χ3n) is 4.47. The first kappa shape index (κ1) is 12.5. The monoisotopic (exact) mass is 255 g/mol. The molecule has 2 saturated heterocycles. The van der Waals surface area contributed by atoms with Gasteiger partial charge in [-0.15, -0.1) is 0 Å². The van der Waals surface area contributed by atoms with Crippen molar-refractivity contribution in [3.63, 3.8) is 0 Å². The summed E-state index contributed by atoms with van der Waals surface area (Å²) in [4.78, 5) is 2.45. The van der Waals surface area contributed by atoms with Crippen molar-refractivity contribution < 1.29 is 0 Å². The number of nitrogens with one attached hydrogen (secondary N) is 1. The van der Waals surface area contributed by atoms with Crippen LogP contribution in [0.4, 0.5) is 5.69 Å². The molecule has 2 aliphatic rings. The van der Waals surface area contributed by atoms with Crippen molar-refractivity contribution in [1.82, 2.24) is 5.32 Å². The van der Waals surface area contributed by atoms with Crippen molar-refractivity contribution in [3.05, 3.63) is 29.8 Å². The molecule has 2 fully saturated rings. The van der Waals surface area contributed by atoms with Crippen LogP contribution in [-0.4, -0.2) is 25.7 Å². The second-order valence-corrected chi connectivity index (χ2v) is 5.71. The average Bonchev–Trinajstić information content (AvgIpc) is 3.02. The number of piperidine rings is 1. The van der Waals surface area contributed by atoms with Crippen LogP contribution in [0.2, 0.25) is 0 Å². The molecule has 2 heterocycles. The van der Waals surface area contributed by atoms with E-state index in [0.29, 0.717) is 6.04 Å². The first-order valence-corrected chi connectivity index (χ1v) is 7.35. The number of hydrogen-bond donors (Lipinski definition) is 1. The fourth-order valence-electron chi connectivity index (χ4n) is 3.46. The molecule has 0 amide bonds. The Kier molecular flexibility index (Phi) is 3.70. The Bertz CT molecular complexity index is 471. The number of nitriles is 1. The molecule has 3 nitrogen and oxygen atoms in total. The van der Waals surface area contributed by atoms with Crippen molar-refractivity contribution in [2.75, 3.05) is 24.5 Å². The topological polar surface area (TPSA) is 39.1 Å². The van der Waals surface area contributed by atoms with Crippen LogP contribution in [0, 0.1) is 17.2 Å². The molecule has 0 radical (unpaired) electrons. The zero-order valence-electron chi connectivity index (χ0n) is 11.3. The quantitative estimate of drug-likeness (QED) is 0.882. The highest BCUT2D eigenvalue weighted by molar-refractivity contribution is 5.51. The zero-order valence-corrected chi connectivity index (χ0v) is 11.3. The van der Waals surface area contributed by atoms with E-state index in [-0.39, 0.29) is 0 Å². The lowest BCUT2D eigenvalue weighted by atomic mass is 9.89. The van der Waals surface area contributed by atoms with E-state index in [1.807, 2.05) is 18.2 Å². The molecule has 1 aromatic rings. The zero-order chi connectivity index (χ0) is 13.1. The Balaban J connectivity index is 1.72. The van der Waals surface area contributed by atoms with E-state index in [0.717, 1.165) is 24.6 Å². The maximum absolute atomic E-state index is 9.01. The molecule has 19 heavy (non-hydrogen) atoms. The highest BCUT2D eigenvalue weighted by Crippen LogP contribution is 2.28. The predicted molar refractivity (Wildman–Crippen MR) is 77.1 cm³/mol. The van der Waals surface area contributed by atoms with Crippen LogP contribution in [0.25, 0.3) is 0 Å². The average molecular weight is 255 g/mol. The molecule has 100 valence electrons. The smallest absolute Gasteiger partial charge is 0.0992 e. The molecule has 2 aliphatic heterocycles. The van der Waals surface area contributed by atoms with Crippen LogP contribution < -0.4 is 10.2 Å². The largest absolute Gasteiger partial charge is 0.371 e. The molecular weight excluding hydrogens is 234 g/mol. The molecular formula is C16H21N3. The van der Waals surface area contributed by atoms with Crippen molar-refractivity contribution in [2.45, 2.75) is 31.7 Å². The van der Waals surface area contributed by atoms with Crippen LogP contribution in [0.5, 0.6) is 0 Å². The van der Waals surface area contributed by atoms with E-state index in [1.165, 1.54) is 37.9 Å². The number of benzene rings is 1. The standard InChI is InChI=1S/C16H21N3/c17-11-13-4-1-6-15(10-13)19-9-3-5-14(12-19)16-7-2-8-18-16/h1,4,6,10,14,16,18H,2-3,5,7-9,12H2. The summed E-state index contributed by atoms with van der Waals surface area (Å²) in [5, 5.41) is 12.6. The number of hydrogen-bond acceptors (Lipinski definition) is 3. The third-order valence-corrected chi connectivity index (χ3v) is 4.47. The van der Waals surface area contributed by atoms with Crippen LogP contribution in [0.1, 0.15) is 31.2 Å². The van der Waals surface area contributed by atoms with Gasteiger partial charge in [-0.2, -0.15) is 5.26 Å². The Hall–Kier alpha value is -1.53. The summed E-state index contributed by atoms with van der Waals surface area (Å²) in [6.07, 6.45) is 5.26. The minimum absolute atomic E-state index is 0.710. The van der Waals surface area contributed by atoms with Gasteiger partial charge in [0.05, 0.1) is 11.6 Å². The number of anilines is 1. The van der Waals surface area contributed by atoms with E-state index in [4.69, 9.17) is 5.26 Å². The maximum Gasteiger partial charge on any atom is 0.0992 e. The summed E-state index contributed by atoms with van der Waals surface area (Å²) in [5.74, 6) is 0.766. The second kappa shape index (κ2) is 5.63. The van der Waals surface area contributed by atoms with Crippen molar-refractivity contribution >= 4 is 5.69 Å². The lowest BCUT2D eigenvalue weighted by Crippen LogP contribution is -2.43. The predicted octanol–water partition coefficient (Wildman–Crippen LogP) is 2.53. The fourth-order valence-corrected chi connectivity index (χ4v) is 3.46. The Labute approximate surface area is 115 Å². The molecule has 0 aliphatic carbocycles. The van der Waals surface area contributed by atoms with Crippen molar-refractivity contribution in [2.24, 2.45) is 5.92 Å². The Morgan fingerprint density at radius 1 is 1.26 bits per heavy atom. The number of nitrogens with zero attached hydrogens (tertiary/aromatic N) is 2. The van der Waals surface area contributed by atoms with Gasteiger partial charge >= 0.3 is 0 Å². The van der Waals surface area contributed by atoms with E-state index in [9.17, 15) is 0 Å². The van der Waals surface area contributed by atoms with Crippen LogP contribution >= 0.6 is 0 Å². The highest BCUT2D eigenvalue weighted by atomic mass is 15.1. The van der Waals surface area contributed by atoms with Gasteiger partial charge in [0, 0.05) is 24.8 Å². The van der Waals surface area contributed by atoms with Gasteiger partial charge in [-0.3, -0.25) is 0 Å². The molecule has 3 heteroatoms. The van der Waals surface area contributed by atoms with Gasteiger partial charge in [-0.25, -0.2) is 0 Å². The van der Waals surface area contributed by atoms with Gasteiger partial charge in [-0.1, -0.05) is 6.07 Å². The van der Waals surface area contributed by atoms with Crippen molar-refractivity contribution in [1.29, 1.82) is 5.26 Å². The molecule has 0 aromatic heterocycles. The summed E-state index contributed by atoms with van der Waals surface area (Å²) in [5.41, 5.74) is 1.97. The summed E-state index contributed by atoms with van der Waals surface area (Å²) in [6, 6.07) is 11.0. The SMILES string of the molecule is N#Cc1cccc(N2CCCC(C3CCCN3)C2)c1.